The lowest BCUT2D eigenvalue weighted by atomic mass is 10.0. The quantitative estimate of drug-likeness (QED) is 0.734. The van der Waals surface area contributed by atoms with E-state index in [0.29, 0.717) is 13.0 Å². The first-order valence-corrected chi connectivity index (χ1v) is 7.74. The third kappa shape index (κ3) is 3.70. The average Bonchev–Trinajstić information content (AvgIpc) is 2.61. The Morgan fingerprint density at radius 2 is 1.61 bits per heavy atom. The van der Waals surface area contributed by atoms with Crippen molar-refractivity contribution in [3.63, 3.8) is 0 Å². The molecule has 0 radical (unpaired) electrons. The van der Waals surface area contributed by atoms with Crippen LogP contribution in [-0.2, 0) is 13.0 Å². The Morgan fingerprint density at radius 1 is 0.870 bits per heavy atom. The van der Waals surface area contributed by atoms with Crippen molar-refractivity contribution in [2.45, 2.75) is 19.1 Å². The summed E-state index contributed by atoms with van der Waals surface area (Å²) >= 11 is 0. The van der Waals surface area contributed by atoms with Gasteiger partial charge in [0.25, 0.3) is 0 Å². The second-order valence-corrected chi connectivity index (χ2v) is 5.59. The number of fused-ring (bicyclic) bond motifs is 1. The van der Waals surface area contributed by atoms with Gasteiger partial charge < -0.3 is 14.9 Å². The largest absolute Gasteiger partial charge is 0.488 e. The highest BCUT2D eigenvalue weighted by Gasteiger charge is 2.13. The minimum atomic E-state index is -0.782. The zero-order valence-electron chi connectivity index (χ0n) is 12.9. The highest BCUT2D eigenvalue weighted by atomic mass is 16.5. The first-order valence-electron chi connectivity index (χ1n) is 7.74. The summed E-state index contributed by atoms with van der Waals surface area (Å²) in [5.41, 5.74) is 2.00. The molecule has 0 amide bonds. The maximum atomic E-state index is 9.79. The Hall–Kier alpha value is -2.36. The van der Waals surface area contributed by atoms with E-state index in [1.54, 1.807) is 0 Å². The number of aliphatic hydroxyl groups excluding tert-OH is 2. The second kappa shape index (κ2) is 7.27. The van der Waals surface area contributed by atoms with Crippen LogP contribution >= 0.6 is 0 Å². The van der Waals surface area contributed by atoms with Crippen LogP contribution in [0.25, 0.3) is 10.8 Å². The Bertz CT molecular complexity index is 768. The standard InChI is InChI=1S/C20H20O3/c21-13-18(22)12-17-11-10-16-8-4-5-9-19(16)20(17)23-14-15-6-2-1-3-7-15/h1-11,18,21-22H,12-14H2. The molecule has 0 aliphatic heterocycles. The van der Waals surface area contributed by atoms with Gasteiger partial charge in [0.1, 0.15) is 12.4 Å². The molecule has 3 nitrogen and oxygen atoms in total. The first-order chi connectivity index (χ1) is 11.3. The molecule has 3 heteroatoms. The molecule has 1 unspecified atom stereocenters. The van der Waals surface area contributed by atoms with Crippen molar-refractivity contribution in [3.05, 3.63) is 77.9 Å². The van der Waals surface area contributed by atoms with Crippen LogP contribution in [0.1, 0.15) is 11.1 Å². The molecule has 0 aliphatic carbocycles. The van der Waals surface area contributed by atoms with E-state index in [2.05, 4.69) is 0 Å². The molecule has 2 N–H and O–H groups in total. The summed E-state index contributed by atoms with van der Waals surface area (Å²) in [4.78, 5) is 0. The maximum Gasteiger partial charge on any atom is 0.130 e. The number of benzene rings is 3. The predicted octanol–water partition coefficient (Wildman–Crippen LogP) is 3.31. The topological polar surface area (TPSA) is 49.7 Å². The van der Waals surface area contributed by atoms with Gasteiger partial charge in [-0.25, -0.2) is 0 Å². The fourth-order valence-electron chi connectivity index (χ4n) is 2.67. The van der Waals surface area contributed by atoms with E-state index in [1.807, 2.05) is 66.7 Å². The highest BCUT2D eigenvalue weighted by Crippen LogP contribution is 2.31. The minimum Gasteiger partial charge on any atom is -0.488 e. The van der Waals surface area contributed by atoms with Gasteiger partial charge in [-0.2, -0.15) is 0 Å². The lowest BCUT2D eigenvalue weighted by molar-refractivity contribution is 0.0948. The molecule has 3 aromatic rings. The number of rotatable bonds is 6. The fourth-order valence-corrected chi connectivity index (χ4v) is 2.67. The molecular weight excluding hydrogens is 288 g/mol. The molecule has 0 spiro atoms. The molecule has 3 aromatic carbocycles. The minimum absolute atomic E-state index is 0.259. The molecule has 0 saturated carbocycles. The molecule has 3 rings (SSSR count). The molecule has 0 saturated heterocycles. The molecule has 0 aliphatic rings. The third-order valence-electron chi connectivity index (χ3n) is 3.85. The summed E-state index contributed by atoms with van der Waals surface area (Å²) in [5, 5.41) is 21.0. The maximum absolute atomic E-state index is 9.79. The van der Waals surface area contributed by atoms with Gasteiger partial charge in [-0.3, -0.25) is 0 Å². The van der Waals surface area contributed by atoms with Gasteiger partial charge in [0.05, 0.1) is 12.7 Å². The van der Waals surface area contributed by atoms with E-state index >= 15 is 0 Å². The van der Waals surface area contributed by atoms with Crippen LogP contribution in [0.2, 0.25) is 0 Å². The molecule has 0 aromatic heterocycles. The second-order valence-electron chi connectivity index (χ2n) is 5.59. The molecule has 0 heterocycles. The van der Waals surface area contributed by atoms with E-state index in [1.165, 1.54) is 0 Å². The molecule has 118 valence electrons. The molecule has 0 fully saturated rings. The molecule has 23 heavy (non-hydrogen) atoms. The predicted molar refractivity (Wildman–Crippen MR) is 91.5 cm³/mol. The number of hydrogen-bond donors (Lipinski definition) is 2. The van der Waals surface area contributed by atoms with Crippen molar-refractivity contribution in [1.29, 1.82) is 0 Å². The van der Waals surface area contributed by atoms with Gasteiger partial charge in [0.2, 0.25) is 0 Å². The van der Waals surface area contributed by atoms with Crippen LogP contribution in [0, 0.1) is 0 Å². The lowest BCUT2D eigenvalue weighted by Gasteiger charge is -2.16. The zero-order valence-corrected chi connectivity index (χ0v) is 12.9. The van der Waals surface area contributed by atoms with Crippen LogP contribution < -0.4 is 4.74 Å². The summed E-state index contributed by atoms with van der Waals surface area (Å²) in [6, 6.07) is 22.0. The van der Waals surface area contributed by atoms with Gasteiger partial charge in [-0.15, -0.1) is 0 Å². The van der Waals surface area contributed by atoms with E-state index in [9.17, 15) is 5.11 Å². The van der Waals surface area contributed by atoms with Crippen molar-refractivity contribution in [2.24, 2.45) is 0 Å². The van der Waals surface area contributed by atoms with Crippen LogP contribution in [0.5, 0.6) is 5.75 Å². The highest BCUT2D eigenvalue weighted by molar-refractivity contribution is 5.89. The van der Waals surface area contributed by atoms with Crippen LogP contribution in [0.4, 0.5) is 0 Å². The summed E-state index contributed by atoms with van der Waals surface area (Å²) in [5.74, 6) is 0.777. The molecule has 0 bridgehead atoms. The number of hydrogen-bond acceptors (Lipinski definition) is 3. The van der Waals surface area contributed by atoms with Crippen LogP contribution in [0.3, 0.4) is 0 Å². The van der Waals surface area contributed by atoms with Crippen LogP contribution in [-0.4, -0.2) is 22.9 Å². The summed E-state index contributed by atoms with van der Waals surface area (Å²) in [6.07, 6.45) is -0.416. The van der Waals surface area contributed by atoms with E-state index in [-0.39, 0.29) is 6.61 Å². The Morgan fingerprint density at radius 3 is 2.39 bits per heavy atom. The van der Waals surface area contributed by atoms with Crippen molar-refractivity contribution in [2.75, 3.05) is 6.61 Å². The molecular formula is C20H20O3. The van der Waals surface area contributed by atoms with Gasteiger partial charge in [0.15, 0.2) is 0 Å². The lowest BCUT2D eigenvalue weighted by Crippen LogP contribution is -2.16. The average molecular weight is 308 g/mol. The summed E-state index contributed by atoms with van der Waals surface area (Å²) in [7, 11) is 0. The van der Waals surface area contributed by atoms with Gasteiger partial charge >= 0.3 is 0 Å². The number of aliphatic hydroxyl groups is 2. The first kappa shape index (κ1) is 15.5. The van der Waals surface area contributed by atoms with Crippen molar-refractivity contribution >= 4 is 10.8 Å². The molecule has 1 atom stereocenters. The monoisotopic (exact) mass is 308 g/mol. The fraction of sp³-hybridized carbons (Fsp3) is 0.200. The summed E-state index contributed by atoms with van der Waals surface area (Å²) < 4.78 is 6.09. The normalized spacial score (nSPS) is 12.3. The van der Waals surface area contributed by atoms with Crippen LogP contribution in [0.15, 0.2) is 66.7 Å². The van der Waals surface area contributed by atoms with Gasteiger partial charge in [0, 0.05) is 11.8 Å². The SMILES string of the molecule is OCC(O)Cc1ccc2ccccc2c1OCc1ccccc1. The van der Waals surface area contributed by atoms with E-state index in [4.69, 9.17) is 9.84 Å². The smallest absolute Gasteiger partial charge is 0.130 e. The zero-order chi connectivity index (χ0) is 16.1. The van der Waals surface area contributed by atoms with E-state index in [0.717, 1.165) is 27.6 Å². The number of ether oxygens (including phenoxy) is 1. The Balaban J connectivity index is 1.95. The van der Waals surface area contributed by atoms with E-state index < -0.39 is 6.10 Å². The van der Waals surface area contributed by atoms with Gasteiger partial charge in [-0.1, -0.05) is 66.7 Å². The third-order valence-corrected chi connectivity index (χ3v) is 3.85. The van der Waals surface area contributed by atoms with Gasteiger partial charge in [-0.05, 0) is 16.5 Å². The Labute approximate surface area is 135 Å². The summed E-state index contributed by atoms with van der Waals surface area (Å²) in [6.45, 7) is 0.210. The van der Waals surface area contributed by atoms with Crippen molar-refractivity contribution in [3.8, 4) is 5.75 Å². The Kier molecular flexibility index (Phi) is 4.91. The van der Waals surface area contributed by atoms with Crippen molar-refractivity contribution in [1.82, 2.24) is 0 Å². The van der Waals surface area contributed by atoms with Crippen molar-refractivity contribution < 1.29 is 14.9 Å².